The molecule has 0 aliphatic carbocycles. The van der Waals surface area contributed by atoms with Gasteiger partial charge in [0.25, 0.3) is 0 Å². The van der Waals surface area contributed by atoms with Gasteiger partial charge in [-0.05, 0) is 12.1 Å². The normalized spacial score (nSPS) is 19.7. The van der Waals surface area contributed by atoms with Crippen LogP contribution in [0.5, 0.6) is 0 Å². The number of anilines is 1. The molecule has 2 N–H and O–H groups in total. The van der Waals surface area contributed by atoms with Crippen LogP contribution in [0.25, 0.3) is 0 Å². The Morgan fingerprint density at radius 2 is 2.47 bits per heavy atom. The fourth-order valence-electron chi connectivity index (χ4n) is 1.84. The first kappa shape index (κ1) is 11.4. The number of piperazine rings is 1. The molecule has 6 nitrogen and oxygen atoms in total. The van der Waals surface area contributed by atoms with Crippen molar-refractivity contribution in [3.05, 3.63) is 23.9 Å². The summed E-state index contributed by atoms with van der Waals surface area (Å²) >= 11 is 0. The lowest BCUT2D eigenvalue weighted by Crippen LogP contribution is -2.55. The molecule has 88 valence electrons. The molecule has 1 fully saturated rings. The minimum Gasteiger partial charge on any atom is -0.480 e. The molecule has 1 unspecified atom stereocenters. The Bertz CT molecular complexity index is 469. The maximum absolute atomic E-state index is 11.1. The van der Waals surface area contributed by atoms with E-state index in [-0.39, 0.29) is 0 Å². The second kappa shape index (κ2) is 4.80. The van der Waals surface area contributed by atoms with Crippen LogP contribution in [0.3, 0.4) is 0 Å². The van der Waals surface area contributed by atoms with Crippen LogP contribution in [-0.2, 0) is 4.79 Å². The van der Waals surface area contributed by atoms with Crippen LogP contribution in [0, 0.1) is 11.3 Å². The fourth-order valence-corrected chi connectivity index (χ4v) is 1.84. The number of nitrogens with one attached hydrogen (secondary N) is 1. The van der Waals surface area contributed by atoms with Gasteiger partial charge in [-0.1, -0.05) is 6.07 Å². The molecule has 17 heavy (non-hydrogen) atoms. The molecule has 0 bridgehead atoms. The number of aliphatic carboxylic acids is 1. The predicted octanol–water partition coefficient (Wildman–Crippen LogP) is -0.184. The van der Waals surface area contributed by atoms with Crippen molar-refractivity contribution >= 4 is 11.8 Å². The highest BCUT2D eigenvalue weighted by molar-refractivity contribution is 5.78. The fraction of sp³-hybridized carbons (Fsp3) is 0.364. The third-order valence-corrected chi connectivity index (χ3v) is 2.67. The highest BCUT2D eigenvalue weighted by atomic mass is 16.4. The van der Waals surface area contributed by atoms with E-state index in [0.717, 1.165) is 0 Å². The van der Waals surface area contributed by atoms with Gasteiger partial charge in [0.2, 0.25) is 0 Å². The first-order valence-corrected chi connectivity index (χ1v) is 5.29. The van der Waals surface area contributed by atoms with E-state index in [1.54, 1.807) is 23.1 Å². The molecule has 1 aromatic rings. The summed E-state index contributed by atoms with van der Waals surface area (Å²) < 4.78 is 0. The van der Waals surface area contributed by atoms with Crippen molar-refractivity contribution in [2.75, 3.05) is 24.5 Å². The molecule has 6 heteroatoms. The number of hydrogen-bond acceptors (Lipinski definition) is 5. The number of carboxylic acids is 1. The summed E-state index contributed by atoms with van der Waals surface area (Å²) in [7, 11) is 0. The van der Waals surface area contributed by atoms with Gasteiger partial charge in [-0.15, -0.1) is 0 Å². The van der Waals surface area contributed by atoms with Crippen molar-refractivity contribution in [2.24, 2.45) is 0 Å². The lowest BCUT2D eigenvalue weighted by atomic mass is 10.2. The number of pyridine rings is 1. The van der Waals surface area contributed by atoms with Crippen molar-refractivity contribution in [3.8, 4) is 6.07 Å². The summed E-state index contributed by atoms with van der Waals surface area (Å²) in [5.41, 5.74) is 0.296. The molecule has 0 saturated carbocycles. The summed E-state index contributed by atoms with van der Waals surface area (Å²) in [6.45, 7) is 1.66. The number of nitriles is 1. The quantitative estimate of drug-likeness (QED) is 0.735. The third-order valence-electron chi connectivity index (χ3n) is 2.67. The van der Waals surface area contributed by atoms with E-state index in [4.69, 9.17) is 10.4 Å². The Morgan fingerprint density at radius 3 is 3.18 bits per heavy atom. The Labute approximate surface area is 98.5 Å². The molecule has 0 spiro atoms. The van der Waals surface area contributed by atoms with Crippen LogP contribution in [0.2, 0.25) is 0 Å². The van der Waals surface area contributed by atoms with Gasteiger partial charge in [0, 0.05) is 19.6 Å². The average Bonchev–Trinajstić information content (AvgIpc) is 2.39. The van der Waals surface area contributed by atoms with Gasteiger partial charge in [-0.2, -0.15) is 5.26 Å². The second-order valence-electron chi connectivity index (χ2n) is 3.74. The van der Waals surface area contributed by atoms with Gasteiger partial charge in [0.05, 0.1) is 0 Å². The van der Waals surface area contributed by atoms with Crippen molar-refractivity contribution in [3.63, 3.8) is 0 Å². The van der Waals surface area contributed by atoms with Crippen LogP contribution >= 0.6 is 0 Å². The number of hydrogen-bond donors (Lipinski definition) is 2. The van der Waals surface area contributed by atoms with Gasteiger partial charge >= 0.3 is 5.97 Å². The third kappa shape index (κ3) is 2.34. The van der Waals surface area contributed by atoms with Gasteiger partial charge in [0.15, 0.2) is 0 Å². The Morgan fingerprint density at radius 1 is 1.65 bits per heavy atom. The lowest BCUT2D eigenvalue weighted by molar-refractivity contribution is -0.138. The zero-order valence-electron chi connectivity index (χ0n) is 9.13. The number of nitrogens with zero attached hydrogens (tertiary/aromatic N) is 3. The van der Waals surface area contributed by atoms with E-state index >= 15 is 0 Å². The van der Waals surface area contributed by atoms with Gasteiger partial charge in [-0.3, -0.25) is 0 Å². The molecule has 0 amide bonds. The van der Waals surface area contributed by atoms with Crippen LogP contribution < -0.4 is 10.2 Å². The topological polar surface area (TPSA) is 89.2 Å². The summed E-state index contributed by atoms with van der Waals surface area (Å²) in [6.07, 6.45) is 0. The van der Waals surface area contributed by atoms with Crippen molar-refractivity contribution in [1.29, 1.82) is 5.26 Å². The Balaban J connectivity index is 2.29. The average molecular weight is 232 g/mol. The maximum Gasteiger partial charge on any atom is 0.327 e. The SMILES string of the molecule is N#Cc1cccc(N2CCNCC2C(=O)O)n1. The molecule has 1 aliphatic heterocycles. The molecule has 1 aromatic heterocycles. The number of aromatic nitrogens is 1. The van der Waals surface area contributed by atoms with Gasteiger partial charge in [0.1, 0.15) is 23.6 Å². The summed E-state index contributed by atoms with van der Waals surface area (Å²) in [4.78, 5) is 16.9. The molecule has 1 aliphatic rings. The van der Waals surface area contributed by atoms with Gasteiger partial charge < -0.3 is 15.3 Å². The monoisotopic (exact) mass is 232 g/mol. The molecule has 1 atom stereocenters. The molecular formula is C11H12N4O2. The van der Waals surface area contributed by atoms with E-state index in [1.807, 2.05) is 6.07 Å². The second-order valence-corrected chi connectivity index (χ2v) is 3.74. The smallest absolute Gasteiger partial charge is 0.327 e. The predicted molar refractivity (Wildman–Crippen MR) is 60.6 cm³/mol. The van der Waals surface area contributed by atoms with E-state index in [1.165, 1.54) is 0 Å². The van der Waals surface area contributed by atoms with Crippen LogP contribution in [0.1, 0.15) is 5.69 Å². The number of carboxylic acid groups (broad SMARTS) is 1. The van der Waals surface area contributed by atoms with Crippen molar-refractivity contribution in [1.82, 2.24) is 10.3 Å². The standard InChI is InChI=1S/C11H12N4O2/c12-6-8-2-1-3-10(14-8)15-5-4-13-7-9(15)11(16)17/h1-3,9,13H,4-5,7H2,(H,16,17). The largest absolute Gasteiger partial charge is 0.480 e. The molecule has 0 radical (unpaired) electrons. The van der Waals surface area contributed by atoms with Crippen molar-refractivity contribution in [2.45, 2.75) is 6.04 Å². The van der Waals surface area contributed by atoms with Crippen LogP contribution in [0.15, 0.2) is 18.2 Å². The van der Waals surface area contributed by atoms with Crippen LogP contribution in [-0.4, -0.2) is 41.7 Å². The summed E-state index contributed by atoms with van der Waals surface area (Å²) in [6, 6.07) is 6.35. The van der Waals surface area contributed by atoms with Crippen molar-refractivity contribution < 1.29 is 9.90 Å². The Kier molecular flexibility index (Phi) is 3.21. The van der Waals surface area contributed by atoms with E-state index < -0.39 is 12.0 Å². The lowest BCUT2D eigenvalue weighted by Gasteiger charge is -2.34. The molecule has 2 rings (SSSR count). The highest BCUT2D eigenvalue weighted by Crippen LogP contribution is 2.16. The minimum atomic E-state index is -0.888. The number of carbonyl (C=O) groups is 1. The van der Waals surface area contributed by atoms with E-state index in [0.29, 0.717) is 31.1 Å². The first-order valence-electron chi connectivity index (χ1n) is 5.29. The molecule has 2 heterocycles. The molecule has 1 saturated heterocycles. The summed E-state index contributed by atoms with van der Waals surface area (Å²) in [5.74, 6) is -0.348. The van der Waals surface area contributed by atoms with E-state index in [9.17, 15) is 4.79 Å². The minimum absolute atomic E-state index is 0.296. The zero-order valence-corrected chi connectivity index (χ0v) is 9.13. The van der Waals surface area contributed by atoms with E-state index in [2.05, 4.69) is 10.3 Å². The summed E-state index contributed by atoms with van der Waals surface area (Å²) in [5, 5.41) is 20.9. The van der Waals surface area contributed by atoms with Crippen LogP contribution in [0.4, 0.5) is 5.82 Å². The molecule has 0 aromatic carbocycles. The Hall–Kier alpha value is -2.13. The number of rotatable bonds is 2. The highest BCUT2D eigenvalue weighted by Gasteiger charge is 2.29. The zero-order chi connectivity index (χ0) is 12.3. The molecular weight excluding hydrogens is 220 g/mol. The maximum atomic E-state index is 11.1. The van der Waals surface area contributed by atoms with Gasteiger partial charge in [-0.25, -0.2) is 9.78 Å². The first-order chi connectivity index (χ1) is 8.22.